The van der Waals surface area contributed by atoms with Crippen LogP contribution in [0, 0.1) is 12.7 Å². The molecular formula is C25H29FN2O5. The summed E-state index contributed by atoms with van der Waals surface area (Å²) in [6.07, 6.45) is 0.0406. The lowest BCUT2D eigenvalue weighted by Gasteiger charge is -2.37. The maximum absolute atomic E-state index is 13.9. The molecule has 1 unspecified atom stereocenters. The van der Waals surface area contributed by atoms with Crippen molar-refractivity contribution in [2.75, 3.05) is 51.9 Å². The van der Waals surface area contributed by atoms with E-state index in [9.17, 15) is 14.0 Å². The molecule has 4 rings (SSSR count). The number of morpholine rings is 1. The van der Waals surface area contributed by atoms with E-state index in [1.807, 2.05) is 6.07 Å². The normalized spacial score (nSPS) is 20.2. The Balaban J connectivity index is 1.68. The number of Topliss-reactive ketones (excluding diaryl/α,β-unsaturated/α-hetero) is 1. The summed E-state index contributed by atoms with van der Waals surface area (Å²) in [5.41, 5.74) is 0.863. The van der Waals surface area contributed by atoms with Crippen LogP contribution < -0.4 is 14.4 Å². The highest BCUT2D eigenvalue weighted by atomic mass is 19.1. The van der Waals surface area contributed by atoms with Crippen molar-refractivity contribution in [1.82, 2.24) is 4.90 Å². The van der Waals surface area contributed by atoms with Gasteiger partial charge in [0.05, 0.1) is 30.8 Å². The van der Waals surface area contributed by atoms with E-state index in [1.54, 1.807) is 46.1 Å². The van der Waals surface area contributed by atoms with Crippen molar-refractivity contribution in [2.45, 2.75) is 25.9 Å². The largest absolute Gasteiger partial charge is 0.489 e. The second-order valence-corrected chi connectivity index (χ2v) is 8.97. The lowest BCUT2D eigenvalue weighted by atomic mass is 9.88. The molecule has 0 radical (unpaired) electrons. The molecule has 0 bridgehead atoms. The molecule has 8 heteroatoms. The first-order valence-corrected chi connectivity index (χ1v) is 11.0. The Labute approximate surface area is 193 Å². The number of nitrogens with zero attached hydrogens (tertiary/aromatic N) is 2. The van der Waals surface area contributed by atoms with Gasteiger partial charge in [0.15, 0.2) is 5.78 Å². The van der Waals surface area contributed by atoms with Crippen LogP contribution in [-0.2, 0) is 4.74 Å². The fraction of sp³-hybridized carbons (Fsp3) is 0.440. The zero-order valence-electron chi connectivity index (χ0n) is 19.4. The molecule has 2 aliphatic rings. The second kappa shape index (κ2) is 9.02. The molecule has 2 aliphatic heterocycles. The van der Waals surface area contributed by atoms with Gasteiger partial charge in [0.1, 0.15) is 29.5 Å². The molecule has 2 aromatic rings. The van der Waals surface area contributed by atoms with Crippen molar-refractivity contribution in [3.05, 3.63) is 52.8 Å². The van der Waals surface area contributed by atoms with E-state index in [1.165, 1.54) is 11.0 Å². The Morgan fingerprint density at radius 2 is 1.97 bits per heavy atom. The Hall–Kier alpha value is -3.13. The van der Waals surface area contributed by atoms with Crippen molar-refractivity contribution >= 4 is 17.4 Å². The Bertz CT molecular complexity index is 1080. The maximum Gasteiger partial charge on any atom is 0.254 e. The predicted octanol–water partition coefficient (Wildman–Crippen LogP) is 3.48. The quantitative estimate of drug-likeness (QED) is 0.686. The molecule has 1 saturated heterocycles. The molecule has 0 N–H and O–H groups in total. The van der Waals surface area contributed by atoms with E-state index in [2.05, 4.69) is 4.90 Å². The van der Waals surface area contributed by atoms with Crippen LogP contribution in [0.4, 0.5) is 10.1 Å². The van der Waals surface area contributed by atoms with Gasteiger partial charge in [-0.05, 0) is 32.0 Å². The Morgan fingerprint density at radius 3 is 2.67 bits per heavy atom. The van der Waals surface area contributed by atoms with E-state index >= 15 is 0 Å². The van der Waals surface area contributed by atoms with Crippen LogP contribution >= 0.6 is 0 Å². The van der Waals surface area contributed by atoms with Crippen LogP contribution in [0.25, 0.3) is 0 Å². The van der Waals surface area contributed by atoms with Crippen LogP contribution in [0.3, 0.4) is 0 Å². The number of fused-ring (bicyclic) bond motifs is 1. The molecule has 2 heterocycles. The van der Waals surface area contributed by atoms with Crippen LogP contribution in [0.15, 0.2) is 30.3 Å². The summed E-state index contributed by atoms with van der Waals surface area (Å²) < 4.78 is 31.5. The predicted molar refractivity (Wildman–Crippen MR) is 122 cm³/mol. The summed E-state index contributed by atoms with van der Waals surface area (Å²) in [7, 11) is 3.31. The van der Waals surface area contributed by atoms with Gasteiger partial charge in [0.25, 0.3) is 5.91 Å². The van der Waals surface area contributed by atoms with Crippen molar-refractivity contribution in [2.24, 2.45) is 0 Å². The number of hydrogen-bond acceptors (Lipinski definition) is 6. The van der Waals surface area contributed by atoms with E-state index in [4.69, 9.17) is 14.2 Å². The molecule has 0 spiro atoms. The zero-order chi connectivity index (χ0) is 23.8. The third-order valence-corrected chi connectivity index (χ3v) is 6.02. The Kier molecular flexibility index (Phi) is 6.30. The van der Waals surface area contributed by atoms with Gasteiger partial charge in [-0.1, -0.05) is 6.07 Å². The summed E-state index contributed by atoms with van der Waals surface area (Å²) in [5.74, 6) is -0.0256. The van der Waals surface area contributed by atoms with Crippen molar-refractivity contribution in [3.8, 4) is 11.5 Å². The van der Waals surface area contributed by atoms with E-state index < -0.39 is 5.60 Å². The van der Waals surface area contributed by atoms with Crippen LogP contribution in [0.2, 0.25) is 0 Å². The highest BCUT2D eigenvalue weighted by Crippen LogP contribution is 2.39. The summed E-state index contributed by atoms with van der Waals surface area (Å²) in [6.45, 7) is 6.03. The molecule has 1 fully saturated rings. The molecule has 0 aliphatic carbocycles. The monoisotopic (exact) mass is 456 g/mol. The van der Waals surface area contributed by atoms with Crippen LogP contribution in [-0.4, -0.2) is 69.2 Å². The number of hydrogen-bond donors (Lipinski definition) is 0. The van der Waals surface area contributed by atoms with E-state index in [0.717, 1.165) is 5.69 Å². The number of carbonyl (C=O) groups excluding carboxylic acids is 2. The van der Waals surface area contributed by atoms with Gasteiger partial charge in [0, 0.05) is 44.5 Å². The summed E-state index contributed by atoms with van der Waals surface area (Å²) >= 11 is 0. The van der Waals surface area contributed by atoms with Gasteiger partial charge in [-0.3, -0.25) is 9.59 Å². The van der Waals surface area contributed by atoms with Gasteiger partial charge in [0.2, 0.25) is 0 Å². The molecule has 176 valence electrons. The topological polar surface area (TPSA) is 68.3 Å². The number of ether oxygens (including phenoxy) is 3. The Morgan fingerprint density at radius 1 is 1.24 bits per heavy atom. The maximum atomic E-state index is 13.9. The van der Waals surface area contributed by atoms with Gasteiger partial charge in [-0.2, -0.15) is 0 Å². The third kappa shape index (κ3) is 4.66. The number of anilines is 1. The highest BCUT2D eigenvalue weighted by Gasteiger charge is 2.40. The first-order valence-electron chi connectivity index (χ1n) is 11.0. The lowest BCUT2D eigenvalue weighted by Crippen LogP contribution is -2.45. The lowest BCUT2D eigenvalue weighted by molar-refractivity contribution is 0.0184. The smallest absolute Gasteiger partial charge is 0.254 e. The van der Waals surface area contributed by atoms with Crippen LogP contribution in [0.1, 0.15) is 39.6 Å². The molecule has 1 amide bonds. The number of ketones is 1. The molecule has 0 aromatic heterocycles. The fourth-order valence-corrected chi connectivity index (χ4v) is 4.17. The molecule has 7 nitrogen and oxygen atoms in total. The second-order valence-electron chi connectivity index (χ2n) is 8.97. The summed E-state index contributed by atoms with van der Waals surface area (Å²) in [4.78, 5) is 29.8. The minimum atomic E-state index is -0.967. The standard InChI is InChI=1S/C25H29FN2O5/c1-16-19(26)6-5-7-21(16)32-15-25(2)14-20(29)23-18(24(30)27(3)4)12-17(13-22(23)33-25)28-8-10-31-11-9-28/h5-7,12-13H,8-11,14-15H2,1-4H3. The van der Waals surface area contributed by atoms with Gasteiger partial charge in [-0.15, -0.1) is 0 Å². The molecule has 2 aromatic carbocycles. The number of rotatable bonds is 5. The minimum absolute atomic E-state index is 0.0406. The van der Waals surface area contributed by atoms with E-state index in [-0.39, 0.29) is 30.5 Å². The number of halogens is 1. The average molecular weight is 457 g/mol. The SMILES string of the molecule is Cc1c(F)cccc1OCC1(C)CC(=O)c2c(cc(N3CCOCC3)cc2C(=O)N(C)C)O1. The van der Waals surface area contributed by atoms with E-state index in [0.29, 0.717) is 54.5 Å². The first-order chi connectivity index (χ1) is 15.7. The van der Waals surface area contributed by atoms with Gasteiger partial charge >= 0.3 is 0 Å². The number of carbonyl (C=O) groups is 2. The van der Waals surface area contributed by atoms with Crippen molar-refractivity contribution < 1.29 is 28.2 Å². The summed E-state index contributed by atoms with van der Waals surface area (Å²) in [6, 6.07) is 8.22. The van der Waals surface area contributed by atoms with Crippen LogP contribution in [0.5, 0.6) is 11.5 Å². The zero-order valence-corrected chi connectivity index (χ0v) is 19.4. The number of amides is 1. The third-order valence-electron chi connectivity index (χ3n) is 6.02. The highest BCUT2D eigenvalue weighted by molar-refractivity contribution is 6.11. The van der Waals surface area contributed by atoms with Crippen molar-refractivity contribution in [1.29, 1.82) is 0 Å². The van der Waals surface area contributed by atoms with Gasteiger partial charge < -0.3 is 24.0 Å². The van der Waals surface area contributed by atoms with Gasteiger partial charge in [-0.25, -0.2) is 4.39 Å². The first kappa shape index (κ1) is 23.0. The summed E-state index contributed by atoms with van der Waals surface area (Å²) in [5, 5.41) is 0. The molecular weight excluding hydrogens is 427 g/mol. The average Bonchev–Trinajstić information content (AvgIpc) is 2.79. The minimum Gasteiger partial charge on any atom is -0.489 e. The fourth-order valence-electron chi connectivity index (χ4n) is 4.17. The number of benzene rings is 2. The molecule has 0 saturated carbocycles. The molecule has 1 atom stereocenters. The van der Waals surface area contributed by atoms with Crippen molar-refractivity contribution in [3.63, 3.8) is 0 Å². The molecule has 33 heavy (non-hydrogen) atoms.